The van der Waals surface area contributed by atoms with Crippen molar-refractivity contribution >= 4 is 23.0 Å². The number of morpholine rings is 1. The lowest BCUT2D eigenvalue weighted by Gasteiger charge is -2.26. The number of ether oxygens (including phenoxy) is 1. The van der Waals surface area contributed by atoms with Crippen molar-refractivity contribution in [3.8, 4) is 0 Å². The Morgan fingerprint density at radius 3 is 2.91 bits per heavy atom. The van der Waals surface area contributed by atoms with E-state index < -0.39 is 12.0 Å². The highest BCUT2D eigenvalue weighted by molar-refractivity contribution is 8.13. The Labute approximate surface area is 132 Å². The summed E-state index contributed by atoms with van der Waals surface area (Å²) < 4.78 is 5.25. The van der Waals surface area contributed by atoms with E-state index in [1.165, 1.54) is 6.33 Å². The number of hydrogen-bond donors (Lipinski definition) is 3. The molecular weight excluding hydrogens is 308 g/mol. The average molecular weight is 328 g/mol. The van der Waals surface area contributed by atoms with Crippen molar-refractivity contribution in [3.05, 3.63) is 18.2 Å². The second kappa shape index (κ2) is 8.76. The Morgan fingerprint density at radius 1 is 1.50 bits per heavy atom. The van der Waals surface area contributed by atoms with Crippen LogP contribution in [0.1, 0.15) is 5.69 Å². The van der Waals surface area contributed by atoms with Gasteiger partial charge in [-0.2, -0.15) is 0 Å². The highest BCUT2D eigenvalue weighted by Crippen LogP contribution is 2.07. The van der Waals surface area contributed by atoms with Crippen molar-refractivity contribution in [1.29, 1.82) is 0 Å². The number of H-pyrrole nitrogens is 1. The SMILES string of the molecule is O=C(NC(Cc1cnc[nH]1)C(=O)O)SCCN1CCOCC1. The summed E-state index contributed by atoms with van der Waals surface area (Å²) in [5.41, 5.74) is 0.672. The molecule has 8 nitrogen and oxygen atoms in total. The van der Waals surface area contributed by atoms with Crippen LogP contribution in [-0.4, -0.2) is 75.8 Å². The van der Waals surface area contributed by atoms with Crippen LogP contribution in [0, 0.1) is 0 Å². The lowest BCUT2D eigenvalue weighted by Crippen LogP contribution is -2.41. The lowest BCUT2D eigenvalue weighted by molar-refractivity contribution is -0.139. The quantitative estimate of drug-likeness (QED) is 0.655. The maximum absolute atomic E-state index is 11.8. The van der Waals surface area contributed by atoms with Crippen LogP contribution >= 0.6 is 11.8 Å². The molecular formula is C13H20N4O4S. The number of carbonyl (C=O) groups is 2. The van der Waals surface area contributed by atoms with E-state index in [0.29, 0.717) is 11.4 Å². The van der Waals surface area contributed by atoms with Gasteiger partial charge in [0.05, 0.1) is 19.5 Å². The third-order valence-electron chi connectivity index (χ3n) is 3.31. The van der Waals surface area contributed by atoms with E-state index in [9.17, 15) is 9.59 Å². The average Bonchev–Trinajstić information content (AvgIpc) is 3.00. The lowest BCUT2D eigenvalue weighted by atomic mass is 10.2. The van der Waals surface area contributed by atoms with Gasteiger partial charge in [-0.3, -0.25) is 9.69 Å². The molecule has 1 aliphatic rings. The Kier molecular flexibility index (Phi) is 6.69. The minimum absolute atomic E-state index is 0.186. The normalized spacial score (nSPS) is 17.1. The van der Waals surface area contributed by atoms with E-state index in [-0.39, 0.29) is 11.7 Å². The number of aromatic amines is 1. The number of nitrogens with zero attached hydrogens (tertiary/aromatic N) is 2. The molecule has 0 radical (unpaired) electrons. The molecule has 0 bridgehead atoms. The van der Waals surface area contributed by atoms with Crippen LogP contribution in [-0.2, 0) is 16.0 Å². The number of nitrogens with one attached hydrogen (secondary N) is 2. The first-order valence-corrected chi connectivity index (χ1v) is 8.07. The molecule has 122 valence electrons. The predicted octanol–water partition coefficient (Wildman–Crippen LogP) is 0.180. The van der Waals surface area contributed by atoms with E-state index in [0.717, 1.165) is 44.6 Å². The molecule has 1 saturated heterocycles. The maximum atomic E-state index is 11.8. The zero-order valence-electron chi connectivity index (χ0n) is 12.2. The van der Waals surface area contributed by atoms with Gasteiger partial charge in [0.2, 0.25) is 0 Å². The molecule has 1 aromatic heterocycles. The Morgan fingerprint density at radius 2 is 2.27 bits per heavy atom. The first kappa shape index (κ1) is 16.8. The standard InChI is InChI=1S/C13H20N4O4S/c18-12(19)11(7-10-8-14-9-15-10)16-13(20)22-6-3-17-1-4-21-5-2-17/h8-9,11H,1-7H2,(H,14,15)(H,16,20)(H,18,19). The number of hydrogen-bond acceptors (Lipinski definition) is 6. The van der Waals surface area contributed by atoms with Crippen molar-refractivity contribution in [3.63, 3.8) is 0 Å². The molecule has 1 unspecified atom stereocenters. The van der Waals surface area contributed by atoms with Gasteiger partial charge in [-0.15, -0.1) is 0 Å². The molecule has 9 heteroatoms. The van der Waals surface area contributed by atoms with Gasteiger partial charge in [-0.25, -0.2) is 9.78 Å². The van der Waals surface area contributed by atoms with E-state index in [2.05, 4.69) is 20.2 Å². The number of imidazole rings is 1. The second-order valence-corrected chi connectivity index (χ2v) is 5.97. The van der Waals surface area contributed by atoms with E-state index in [1.54, 1.807) is 6.20 Å². The number of aliphatic carboxylic acids is 1. The number of aromatic nitrogens is 2. The summed E-state index contributed by atoms with van der Waals surface area (Å²) in [5.74, 6) is -0.431. The van der Waals surface area contributed by atoms with E-state index >= 15 is 0 Å². The Balaban J connectivity index is 1.70. The summed E-state index contributed by atoms with van der Waals surface area (Å²) in [6.45, 7) is 3.99. The predicted molar refractivity (Wildman–Crippen MR) is 82.0 cm³/mol. The molecule has 2 rings (SSSR count). The van der Waals surface area contributed by atoms with Gasteiger partial charge in [0, 0.05) is 43.7 Å². The molecule has 0 aliphatic carbocycles. The maximum Gasteiger partial charge on any atom is 0.326 e. The van der Waals surface area contributed by atoms with E-state index in [4.69, 9.17) is 9.84 Å². The summed E-state index contributed by atoms with van der Waals surface area (Å²) in [5, 5.41) is 11.4. The number of amides is 1. The summed E-state index contributed by atoms with van der Waals surface area (Å²) in [6.07, 6.45) is 3.21. The summed E-state index contributed by atoms with van der Waals surface area (Å²) in [7, 11) is 0. The van der Waals surface area contributed by atoms with Crippen LogP contribution in [0.25, 0.3) is 0 Å². The van der Waals surface area contributed by atoms with E-state index in [1.807, 2.05) is 0 Å². The third-order valence-corrected chi connectivity index (χ3v) is 4.08. The smallest absolute Gasteiger partial charge is 0.326 e. The number of carboxylic acid groups (broad SMARTS) is 1. The fraction of sp³-hybridized carbons (Fsp3) is 0.615. The van der Waals surface area contributed by atoms with Gasteiger partial charge in [-0.05, 0) is 0 Å². The van der Waals surface area contributed by atoms with Crippen LogP contribution in [0.2, 0.25) is 0 Å². The van der Waals surface area contributed by atoms with Crippen molar-refractivity contribution in [2.45, 2.75) is 12.5 Å². The molecule has 0 aromatic carbocycles. The Bertz CT molecular complexity index is 476. The van der Waals surface area contributed by atoms with Gasteiger partial charge in [0.25, 0.3) is 5.24 Å². The summed E-state index contributed by atoms with van der Waals surface area (Å²) >= 11 is 1.11. The number of rotatable bonds is 7. The van der Waals surface area contributed by atoms with Gasteiger partial charge in [0.15, 0.2) is 0 Å². The summed E-state index contributed by atoms with van der Waals surface area (Å²) in [6, 6.07) is -0.955. The van der Waals surface area contributed by atoms with Crippen LogP contribution in [0.4, 0.5) is 4.79 Å². The van der Waals surface area contributed by atoms with Crippen molar-refractivity contribution in [2.75, 3.05) is 38.6 Å². The monoisotopic (exact) mass is 328 g/mol. The fourth-order valence-electron chi connectivity index (χ4n) is 2.09. The fourth-order valence-corrected chi connectivity index (χ4v) is 2.85. The van der Waals surface area contributed by atoms with Gasteiger partial charge in [-0.1, -0.05) is 11.8 Å². The topological polar surface area (TPSA) is 108 Å². The molecule has 2 heterocycles. The third kappa shape index (κ3) is 5.66. The highest BCUT2D eigenvalue weighted by Gasteiger charge is 2.21. The van der Waals surface area contributed by atoms with Crippen LogP contribution in [0.3, 0.4) is 0 Å². The van der Waals surface area contributed by atoms with Crippen molar-refractivity contribution in [1.82, 2.24) is 20.2 Å². The number of carboxylic acids is 1. The minimum atomic E-state index is -1.06. The zero-order chi connectivity index (χ0) is 15.8. The molecule has 1 amide bonds. The molecule has 1 atom stereocenters. The van der Waals surface area contributed by atoms with Gasteiger partial charge < -0.3 is 20.1 Å². The van der Waals surface area contributed by atoms with Gasteiger partial charge in [0.1, 0.15) is 6.04 Å². The molecule has 3 N–H and O–H groups in total. The van der Waals surface area contributed by atoms with Crippen molar-refractivity contribution < 1.29 is 19.4 Å². The van der Waals surface area contributed by atoms with Crippen molar-refractivity contribution in [2.24, 2.45) is 0 Å². The largest absolute Gasteiger partial charge is 0.480 e. The summed E-state index contributed by atoms with van der Waals surface area (Å²) in [4.78, 5) is 31.9. The van der Waals surface area contributed by atoms with Crippen LogP contribution in [0.15, 0.2) is 12.5 Å². The first-order valence-electron chi connectivity index (χ1n) is 7.08. The zero-order valence-corrected chi connectivity index (χ0v) is 13.0. The number of carbonyl (C=O) groups excluding carboxylic acids is 1. The molecule has 1 aromatic rings. The van der Waals surface area contributed by atoms with Gasteiger partial charge >= 0.3 is 5.97 Å². The number of thioether (sulfide) groups is 1. The highest BCUT2D eigenvalue weighted by atomic mass is 32.2. The minimum Gasteiger partial charge on any atom is -0.480 e. The molecule has 22 heavy (non-hydrogen) atoms. The molecule has 1 aliphatic heterocycles. The first-order chi connectivity index (χ1) is 10.6. The van der Waals surface area contributed by atoms with Crippen LogP contribution < -0.4 is 5.32 Å². The molecule has 1 fully saturated rings. The van der Waals surface area contributed by atoms with Crippen LogP contribution in [0.5, 0.6) is 0 Å². The molecule has 0 spiro atoms. The second-order valence-electron chi connectivity index (χ2n) is 4.91. The molecule has 0 saturated carbocycles. The Hall–Kier alpha value is -1.58.